The van der Waals surface area contributed by atoms with Crippen molar-refractivity contribution in [2.75, 3.05) is 0 Å². The van der Waals surface area contributed by atoms with Gasteiger partial charge in [-0.2, -0.15) is 0 Å². The number of aromatic nitrogens is 3. The van der Waals surface area contributed by atoms with Crippen molar-refractivity contribution >= 4 is 17.4 Å². The SMILES string of the molecule is CC(O)c1ccc(Sc2nnc3ccccn23)c(F)c1. The number of rotatable bonds is 3. The van der Waals surface area contributed by atoms with E-state index in [0.29, 0.717) is 15.6 Å². The van der Waals surface area contributed by atoms with Crippen LogP contribution in [0.25, 0.3) is 5.65 Å². The Morgan fingerprint density at radius 3 is 2.85 bits per heavy atom. The van der Waals surface area contributed by atoms with Gasteiger partial charge in [-0.25, -0.2) is 4.39 Å². The van der Waals surface area contributed by atoms with Gasteiger partial charge in [-0.15, -0.1) is 10.2 Å². The number of halogens is 1. The summed E-state index contributed by atoms with van der Waals surface area (Å²) in [7, 11) is 0. The van der Waals surface area contributed by atoms with Crippen LogP contribution in [0.3, 0.4) is 0 Å². The standard InChI is InChI=1S/C14H12FN3OS/c1-9(19)10-5-6-12(11(15)8-10)20-14-17-16-13-4-2-3-7-18(13)14/h2-9,19H,1H3. The molecule has 0 bridgehead atoms. The Balaban J connectivity index is 1.95. The van der Waals surface area contributed by atoms with Gasteiger partial charge < -0.3 is 5.11 Å². The Bertz CT molecular complexity index is 757. The zero-order valence-electron chi connectivity index (χ0n) is 10.7. The van der Waals surface area contributed by atoms with Gasteiger partial charge in [-0.1, -0.05) is 12.1 Å². The fourth-order valence-electron chi connectivity index (χ4n) is 1.85. The molecule has 1 atom stereocenters. The first kappa shape index (κ1) is 13.1. The zero-order chi connectivity index (χ0) is 14.1. The van der Waals surface area contributed by atoms with Crippen LogP contribution >= 0.6 is 11.8 Å². The molecular weight excluding hydrogens is 277 g/mol. The summed E-state index contributed by atoms with van der Waals surface area (Å²) < 4.78 is 15.8. The fraction of sp³-hybridized carbons (Fsp3) is 0.143. The van der Waals surface area contributed by atoms with E-state index >= 15 is 0 Å². The van der Waals surface area contributed by atoms with Gasteiger partial charge in [0.2, 0.25) is 5.16 Å². The lowest BCUT2D eigenvalue weighted by molar-refractivity contribution is 0.198. The largest absolute Gasteiger partial charge is 0.389 e. The molecule has 0 saturated heterocycles. The highest BCUT2D eigenvalue weighted by Gasteiger charge is 2.12. The van der Waals surface area contributed by atoms with Crippen molar-refractivity contribution < 1.29 is 9.50 Å². The second-order valence-electron chi connectivity index (χ2n) is 4.38. The topological polar surface area (TPSA) is 50.4 Å². The third-order valence-electron chi connectivity index (χ3n) is 2.92. The molecule has 0 saturated carbocycles. The summed E-state index contributed by atoms with van der Waals surface area (Å²) in [6, 6.07) is 10.3. The van der Waals surface area contributed by atoms with Crippen LogP contribution in [0.2, 0.25) is 0 Å². The van der Waals surface area contributed by atoms with Crippen LogP contribution in [0, 0.1) is 5.82 Å². The maximum Gasteiger partial charge on any atom is 0.200 e. The van der Waals surface area contributed by atoms with Crippen molar-refractivity contribution in [3.05, 3.63) is 54.0 Å². The summed E-state index contributed by atoms with van der Waals surface area (Å²) >= 11 is 1.20. The molecule has 3 aromatic rings. The molecular formula is C14H12FN3OS. The van der Waals surface area contributed by atoms with Crippen LogP contribution in [0.4, 0.5) is 4.39 Å². The first-order valence-corrected chi connectivity index (χ1v) is 6.92. The molecule has 3 rings (SSSR count). The molecule has 0 radical (unpaired) electrons. The Kier molecular flexibility index (Phi) is 3.42. The van der Waals surface area contributed by atoms with Crippen molar-refractivity contribution in [3.63, 3.8) is 0 Å². The van der Waals surface area contributed by atoms with E-state index in [-0.39, 0.29) is 5.82 Å². The zero-order valence-corrected chi connectivity index (χ0v) is 11.5. The van der Waals surface area contributed by atoms with Crippen LogP contribution in [0.5, 0.6) is 0 Å². The number of aliphatic hydroxyl groups is 1. The second kappa shape index (κ2) is 5.22. The van der Waals surface area contributed by atoms with Gasteiger partial charge in [0.15, 0.2) is 5.65 Å². The molecule has 1 N–H and O–H groups in total. The van der Waals surface area contributed by atoms with E-state index in [1.807, 2.05) is 24.4 Å². The summed E-state index contributed by atoms with van der Waals surface area (Å²) in [5, 5.41) is 18.1. The minimum absolute atomic E-state index is 0.374. The van der Waals surface area contributed by atoms with E-state index in [4.69, 9.17) is 0 Å². The van der Waals surface area contributed by atoms with Gasteiger partial charge in [0, 0.05) is 6.20 Å². The van der Waals surface area contributed by atoms with Gasteiger partial charge in [0.25, 0.3) is 0 Å². The smallest absolute Gasteiger partial charge is 0.200 e. The van der Waals surface area contributed by atoms with Crippen LogP contribution in [0.1, 0.15) is 18.6 Å². The molecule has 0 spiro atoms. The highest BCUT2D eigenvalue weighted by molar-refractivity contribution is 7.99. The third kappa shape index (κ3) is 2.39. The molecule has 0 aliphatic rings. The van der Waals surface area contributed by atoms with Crippen LogP contribution in [-0.2, 0) is 0 Å². The predicted octanol–water partition coefficient (Wildman–Crippen LogP) is 3.07. The van der Waals surface area contributed by atoms with Gasteiger partial charge in [-0.05, 0) is 48.5 Å². The van der Waals surface area contributed by atoms with Gasteiger partial charge in [0.05, 0.1) is 11.0 Å². The van der Waals surface area contributed by atoms with Crippen molar-refractivity contribution in [2.45, 2.75) is 23.1 Å². The molecule has 20 heavy (non-hydrogen) atoms. The number of benzene rings is 1. The molecule has 2 heterocycles. The number of nitrogens with zero attached hydrogens (tertiary/aromatic N) is 3. The van der Waals surface area contributed by atoms with Crippen molar-refractivity contribution in [2.24, 2.45) is 0 Å². The molecule has 0 fully saturated rings. The number of aliphatic hydroxyl groups excluding tert-OH is 1. The first-order chi connectivity index (χ1) is 9.65. The van der Waals surface area contributed by atoms with E-state index in [0.717, 1.165) is 5.65 Å². The highest BCUT2D eigenvalue weighted by Crippen LogP contribution is 2.30. The monoisotopic (exact) mass is 289 g/mol. The summed E-state index contributed by atoms with van der Waals surface area (Å²) in [4.78, 5) is 0.451. The molecule has 4 nitrogen and oxygen atoms in total. The predicted molar refractivity (Wildman–Crippen MR) is 74.1 cm³/mol. The molecule has 0 aliphatic carbocycles. The first-order valence-electron chi connectivity index (χ1n) is 6.10. The average Bonchev–Trinajstić information content (AvgIpc) is 2.84. The van der Waals surface area contributed by atoms with Crippen LogP contribution < -0.4 is 0 Å². The van der Waals surface area contributed by atoms with E-state index in [9.17, 15) is 9.50 Å². The van der Waals surface area contributed by atoms with E-state index < -0.39 is 6.10 Å². The van der Waals surface area contributed by atoms with Crippen LogP contribution in [0.15, 0.2) is 52.6 Å². The number of pyridine rings is 1. The Morgan fingerprint density at radius 1 is 1.25 bits per heavy atom. The summed E-state index contributed by atoms with van der Waals surface area (Å²) in [6.07, 6.45) is 1.15. The summed E-state index contributed by atoms with van der Waals surface area (Å²) in [5.74, 6) is -0.374. The van der Waals surface area contributed by atoms with Crippen molar-refractivity contribution in [1.82, 2.24) is 14.6 Å². The number of hydrogen-bond donors (Lipinski definition) is 1. The molecule has 2 aromatic heterocycles. The Labute approximate surface area is 119 Å². The van der Waals surface area contributed by atoms with Crippen molar-refractivity contribution in [1.29, 1.82) is 0 Å². The van der Waals surface area contributed by atoms with Gasteiger partial charge in [-0.3, -0.25) is 4.40 Å². The molecule has 1 unspecified atom stereocenters. The number of hydrogen-bond acceptors (Lipinski definition) is 4. The minimum Gasteiger partial charge on any atom is -0.389 e. The molecule has 1 aromatic carbocycles. The molecule has 0 amide bonds. The quantitative estimate of drug-likeness (QED) is 0.805. The second-order valence-corrected chi connectivity index (χ2v) is 5.39. The van der Waals surface area contributed by atoms with Crippen molar-refractivity contribution in [3.8, 4) is 0 Å². The number of fused-ring (bicyclic) bond motifs is 1. The lowest BCUT2D eigenvalue weighted by atomic mass is 10.1. The van der Waals surface area contributed by atoms with E-state index in [2.05, 4.69) is 10.2 Å². The molecule has 6 heteroatoms. The summed E-state index contributed by atoms with van der Waals surface area (Å²) in [5.41, 5.74) is 1.27. The lowest BCUT2D eigenvalue weighted by Gasteiger charge is -2.07. The summed E-state index contributed by atoms with van der Waals surface area (Å²) in [6.45, 7) is 1.60. The fourth-order valence-corrected chi connectivity index (χ4v) is 2.67. The Morgan fingerprint density at radius 2 is 2.10 bits per heavy atom. The molecule has 102 valence electrons. The molecule has 0 aliphatic heterocycles. The van der Waals surface area contributed by atoms with Gasteiger partial charge >= 0.3 is 0 Å². The van der Waals surface area contributed by atoms with E-state index in [1.165, 1.54) is 17.8 Å². The van der Waals surface area contributed by atoms with Crippen LogP contribution in [-0.4, -0.2) is 19.7 Å². The Hall–Kier alpha value is -1.92. The van der Waals surface area contributed by atoms with E-state index in [1.54, 1.807) is 23.5 Å². The maximum absolute atomic E-state index is 14.0. The minimum atomic E-state index is -0.683. The normalized spacial score (nSPS) is 12.8. The lowest BCUT2D eigenvalue weighted by Crippen LogP contribution is -1.93. The highest BCUT2D eigenvalue weighted by atomic mass is 32.2. The third-order valence-corrected chi connectivity index (χ3v) is 3.93. The maximum atomic E-state index is 14.0. The average molecular weight is 289 g/mol. The van der Waals surface area contributed by atoms with Gasteiger partial charge in [0.1, 0.15) is 5.82 Å².